The third-order valence-electron chi connectivity index (χ3n) is 5.11. The van der Waals surface area contributed by atoms with Crippen molar-refractivity contribution in [3.63, 3.8) is 0 Å². The molecule has 1 aliphatic carbocycles. The van der Waals surface area contributed by atoms with Gasteiger partial charge >= 0.3 is 0 Å². The molecule has 8 nitrogen and oxygen atoms in total. The summed E-state index contributed by atoms with van der Waals surface area (Å²) in [4.78, 5) is 26.0. The summed E-state index contributed by atoms with van der Waals surface area (Å²) in [5.74, 6) is -0.246. The van der Waals surface area contributed by atoms with Crippen LogP contribution in [-0.2, 0) is 14.8 Å². The van der Waals surface area contributed by atoms with Gasteiger partial charge in [-0.05, 0) is 44.0 Å². The van der Waals surface area contributed by atoms with Crippen molar-refractivity contribution in [3.8, 4) is 0 Å². The minimum atomic E-state index is -3.62. The van der Waals surface area contributed by atoms with Gasteiger partial charge in [-0.2, -0.15) is 4.31 Å². The number of hydrogen-bond donors (Lipinski definition) is 2. The standard InChI is InChI=1S/C18H26N4O4S/c1-13(17(23)20-15-5-6-15)21-9-11-22(12-10-21)27(25,26)16-7-3-14(4-8-16)18(24)19-2/h3-4,7-8,13,15H,5-6,9-12H2,1-2H3,(H,19,24)(H,20,23). The van der Waals surface area contributed by atoms with E-state index in [0.717, 1.165) is 12.8 Å². The fourth-order valence-corrected chi connectivity index (χ4v) is 4.54. The van der Waals surface area contributed by atoms with E-state index in [1.54, 1.807) is 0 Å². The number of carbonyl (C=O) groups is 2. The van der Waals surface area contributed by atoms with Gasteiger partial charge < -0.3 is 10.6 Å². The Morgan fingerprint density at radius 1 is 1.07 bits per heavy atom. The van der Waals surface area contributed by atoms with E-state index in [4.69, 9.17) is 0 Å². The van der Waals surface area contributed by atoms with E-state index in [-0.39, 0.29) is 22.8 Å². The van der Waals surface area contributed by atoms with Gasteiger partial charge in [0.2, 0.25) is 15.9 Å². The summed E-state index contributed by atoms with van der Waals surface area (Å²) in [5, 5.41) is 5.50. The molecule has 0 spiro atoms. The molecule has 27 heavy (non-hydrogen) atoms. The average molecular weight is 394 g/mol. The Kier molecular flexibility index (Phi) is 5.83. The number of rotatable bonds is 6. The normalized spacial score (nSPS) is 20.1. The largest absolute Gasteiger partial charge is 0.355 e. The topological polar surface area (TPSA) is 98.8 Å². The van der Waals surface area contributed by atoms with Crippen molar-refractivity contribution in [1.29, 1.82) is 0 Å². The number of nitrogens with zero attached hydrogens (tertiary/aromatic N) is 2. The third kappa shape index (κ3) is 4.48. The lowest BCUT2D eigenvalue weighted by Gasteiger charge is -2.36. The molecule has 2 fully saturated rings. The molecule has 148 valence electrons. The molecule has 1 heterocycles. The van der Waals surface area contributed by atoms with E-state index in [0.29, 0.717) is 37.8 Å². The SMILES string of the molecule is CNC(=O)c1ccc(S(=O)(=O)N2CCN(C(C)C(=O)NC3CC3)CC2)cc1. The first-order valence-electron chi connectivity index (χ1n) is 9.19. The Morgan fingerprint density at radius 2 is 1.67 bits per heavy atom. The third-order valence-corrected chi connectivity index (χ3v) is 7.02. The molecule has 3 rings (SSSR count). The van der Waals surface area contributed by atoms with Crippen LogP contribution in [0.2, 0.25) is 0 Å². The van der Waals surface area contributed by atoms with Crippen molar-refractivity contribution < 1.29 is 18.0 Å². The maximum Gasteiger partial charge on any atom is 0.251 e. The Hall–Kier alpha value is -1.97. The van der Waals surface area contributed by atoms with Gasteiger partial charge in [0.05, 0.1) is 10.9 Å². The van der Waals surface area contributed by atoms with Crippen LogP contribution in [0, 0.1) is 0 Å². The second-order valence-electron chi connectivity index (χ2n) is 7.00. The van der Waals surface area contributed by atoms with Crippen LogP contribution in [0.4, 0.5) is 0 Å². The summed E-state index contributed by atoms with van der Waals surface area (Å²) in [5.41, 5.74) is 0.414. The van der Waals surface area contributed by atoms with Gasteiger partial charge in [-0.1, -0.05) is 0 Å². The number of carbonyl (C=O) groups excluding carboxylic acids is 2. The van der Waals surface area contributed by atoms with Crippen LogP contribution in [0.15, 0.2) is 29.2 Å². The molecule has 0 bridgehead atoms. The molecular formula is C18H26N4O4S. The van der Waals surface area contributed by atoms with Crippen molar-refractivity contribution in [2.75, 3.05) is 33.2 Å². The molecule has 0 radical (unpaired) electrons. The number of hydrogen-bond acceptors (Lipinski definition) is 5. The van der Waals surface area contributed by atoms with Gasteiger partial charge in [0, 0.05) is 44.8 Å². The summed E-state index contributed by atoms with van der Waals surface area (Å²) < 4.78 is 27.1. The van der Waals surface area contributed by atoms with Crippen LogP contribution in [0.5, 0.6) is 0 Å². The molecule has 1 aromatic carbocycles. The van der Waals surface area contributed by atoms with Crippen molar-refractivity contribution in [2.45, 2.75) is 36.7 Å². The smallest absolute Gasteiger partial charge is 0.251 e. The van der Waals surface area contributed by atoms with E-state index < -0.39 is 10.0 Å². The summed E-state index contributed by atoms with van der Waals surface area (Å²) >= 11 is 0. The van der Waals surface area contributed by atoms with Crippen LogP contribution in [-0.4, -0.2) is 74.7 Å². The van der Waals surface area contributed by atoms with Crippen molar-refractivity contribution >= 4 is 21.8 Å². The van der Waals surface area contributed by atoms with Gasteiger partial charge in [-0.25, -0.2) is 8.42 Å². The lowest BCUT2D eigenvalue weighted by atomic mass is 10.2. The number of nitrogens with one attached hydrogen (secondary N) is 2. The maximum absolute atomic E-state index is 12.8. The fourth-order valence-electron chi connectivity index (χ4n) is 3.12. The summed E-state index contributed by atoms with van der Waals surface area (Å²) in [6.45, 7) is 3.55. The minimum absolute atomic E-state index is 0.0126. The molecule has 2 aliphatic rings. The molecule has 0 aromatic heterocycles. The zero-order valence-electron chi connectivity index (χ0n) is 15.6. The highest BCUT2D eigenvalue weighted by Crippen LogP contribution is 2.21. The molecule has 2 amide bonds. The maximum atomic E-state index is 12.8. The van der Waals surface area contributed by atoms with E-state index in [1.165, 1.54) is 35.6 Å². The average Bonchev–Trinajstić information content (AvgIpc) is 3.51. The van der Waals surface area contributed by atoms with Crippen molar-refractivity contribution in [2.24, 2.45) is 0 Å². The Morgan fingerprint density at radius 3 is 2.19 bits per heavy atom. The zero-order valence-corrected chi connectivity index (χ0v) is 16.5. The number of sulfonamides is 1. The second kappa shape index (κ2) is 7.95. The van der Waals surface area contributed by atoms with Gasteiger partial charge in [-0.3, -0.25) is 14.5 Å². The molecule has 1 aromatic rings. The molecule has 1 saturated heterocycles. The molecule has 1 atom stereocenters. The second-order valence-corrected chi connectivity index (χ2v) is 8.94. The van der Waals surface area contributed by atoms with Crippen LogP contribution in [0.25, 0.3) is 0 Å². The minimum Gasteiger partial charge on any atom is -0.355 e. The molecule has 1 saturated carbocycles. The van der Waals surface area contributed by atoms with Crippen molar-refractivity contribution in [3.05, 3.63) is 29.8 Å². The molecule has 1 unspecified atom stereocenters. The van der Waals surface area contributed by atoms with Crippen molar-refractivity contribution in [1.82, 2.24) is 19.8 Å². The van der Waals surface area contributed by atoms with Crippen LogP contribution in [0.1, 0.15) is 30.1 Å². The quantitative estimate of drug-likeness (QED) is 0.709. The highest BCUT2D eigenvalue weighted by molar-refractivity contribution is 7.89. The first-order chi connectivity index (χ1) is 12.8. The van der Waals surface area contributed by atoms with Crippen LogP contribution >= 0.6 is 0 Å². The van der Waals surface area contributed by atoms with E-state index in [1.807, 2.05) is 11.8 Å². The van der Waals surface area contributed by atoms with Gasteiger partial charge in [0.1, 0.15) is 0 Å². The molecule has 2 N–H and O–H groups in total. The number of piperazine rings is 1. The predicted octanol–water partition coefficient (Wildman–Crippen LogP) is 0.0196. The summed E-state index contributed by atoms with van der Waals surface area (Å²) in [6, 6.07) is 5.98. The Labute approximate surface area is 160 Å². The van der Waals surface area contributed by atoms with Gasteiger partial charge in [0.25, 0.3) is 5.91 Å². The van der Waals surface area contributed by atoms with Crippen LogP contribution < -0.4 is 10.6 Å². The monoisotopic (exact) mass is 394 g/mol. The number of amides is 2. The highest BCUT2D eigenvalue weighted by atomic mass is 32.2. The lowest BCUT2D eigenvalue weighted by Crippen LogP contribution is -2.55. The van der Waals surface area contributed by atoms with E-state index >= 15 is 0 Å². The molecular weight excluding hydrogens is 368 g/mol. The Bertz CT molecular complexity index is 797. The zero-order chi connectivity index (χ0) is 19.6. The molecule has 1 aliphatic heterocycles. The fraction of sp³-hybridized carbons (Fsp3) is 0.556. The highest BCUT2D eigenvalue weighted by Gasteiger charge is 2.33. The summed E-state index contributed by atoms with van der Waals surface area (Å²) in [7, 11) is -2.09. The first-order valence-corrected chi connectivity index (χ1v) is 10.6. The first kappa shape index (κ1) is 19.8. The Balaban J connectivity index is 1.60. The van der Waals surface area contributed by atoms with E-state index in [2.05, 4.69) is 10.6 Å². The molecule has 9 heteroatoms. The lowest BCUT2D eigenvalue weighted by molar-refractivity contribution is -0.126. The van der Waals surface area contributed by atoms with Gasteiger partial charge in [-0.15, -0.1) is 0 Å². The number of benzene rings is 1. The predicted molar refractivity (Wildman–Crippen MR) is 101 cm³/mol. The van der Waals surface area contributed by atoms with Crippen LogP contribution in [0.3, 0.4) is 0 Å². The van der Waals surface area contributed by atoms with Gasteiger partial charge in [0.15, 0.2) is 0 Å². The van der Waals surface area contributed by atoms with E-state index in [9.17, 15) is 18.0 Å². The summed E-state index contributed by atoms with van der Waals surface area (Å²) in [6.07, 6.45) is 2.09.